The number of hydrogen-bond donors (Lipinski definition) is 2. The van der Waals surface area contributed by atoms with E-state index in [0.29, 0.717) is 5.92 Å². The Balaban J connectivity index is 1.77. The fourth-order valence-corrected chi connectivity index (χ4v) is 4.35. The van der Waals surface area contributed by atoms with Crippen LogP contribution in [0.5, 0.6) is 0 Å². The number of rotatable bonds is 2. The Labute approximate surface area is 156 Å². The van der Waals surface area contributed by atoms with Crippen LogP contribution >= 0.6 is 0 Å². The van der Waals surface area contributed by atoms with Crippen LogP contribution in [0.15, 0.2) is 48.5 Å². The topological polar surface area (TPSA) is 41.5 Å². The number of benzene rings is 2. The molecule has 4 atom stereocenters. The van der Waals surface area contributed by atoms with E-state index in [-0.39, 0.29) is 30.3 Å². The summed E-state index contributed by atoms with van der Waals surface area (Å²) in [4.78, 5) is 0. The van der Waals surface area contributed by atoms with E-state index in [2.05, 4.69) is 74.6 Å². The normalized spacial score (nSPS) is 28.0. The second-order valence-corrected chi connectivity index (χ2v) is 8.69. The molecule has 0 aliphatic carbocycles. The Morgan fingerprint density at radius 2 is 1.85 bits per heavy atom. The molecule has 0 aromatic heterocycles. The molecule has 0 bridgehead atoms. The first-order valence-corrected chi connectivity index (χ1v) is 9.69. The Hall–Kier alpha value is -1.84. The van der Waals surface area contributed by atoms with Gasteiger partial charge in [0.05, 0.1) is 24.9 Å². The van der Waals surface area contributed by atoms with Gasteiger partial charge in [-0.05, 0) is 35.4 Å². The molecule has 138 valence electrons. The van der Waals surface area contributed by atoms with E-state index in [1.807, 2.05) is 0 Å². The predicted octanol–water partition coefficient (Wildman–Crippen LogP) is 4.98. The van der Waals surface area contributed by atoms with Gasteiger partial charge < -0.3 is 15.2 Å². The maximum absolute atomic E-state index is 9.66. The number of fused-ring (bicyclic) bond motifs is 3. The zero-order valence-electron chi connectivity index (χ0n) is 15.9. The molecule has 1 fully saturated rings. The lowest BCUT2D eigenvalue weighted by atomic mass is 9.75. The Kier molecular flexibility index (Phi) is 4.54. The van der Waals surface area contributed by atoms with Gasteiger partial charge in [0, 0.05) is 17.2 Å². The van der Waals surface area contributed by atoms with Crippen molar-refractivity contribution in [2.75, 3.05) is 11.9 Å². The summed E-state index contributed by atoms with van der Waals surface area (Å²) in [5.74, 6) is 0.378. The molecule has 2 aromatic rings. The first-order valence-electron chi connectivity index (χ1n) is 9.69. The molecule has 0 saturated carbocycles. The monoisotopic (exact) mass is 351 g/mol. The number of anilines is 1. The zero-order valence-corrected chi connectivity index (χ0v) is 15.9. The van der Waals surface area contributed by atoms with Gasteiger partial charge in [-0.3, -0.25) is 0 Å². The van der Waals surface area contributed by atoms with Crippen LogP contribution in [0.1, 0.15) is 62.4 Å². The fraction of sp³-hybridized carbons (Fsp3) is 0.478. The maximum atomic E-state index is 9.66. The number of aliphatic hydroxyl groups excluding tert-OH is 1. The first-order chi connectivity index (χ1) is 12.5. The predicted molar refractivity (Wildman–Crippen MR) is 105 cm³/mol. The lowest BCUT2D eigenvalue weighted by Gasteiger charge is -2.45. The van der Waals surface area contributed by atoms with Crippen LogP contribution < -0.4 is 5.32 Å². The average Bonchev–Trinajstić information content (AvgIpc) is 2.66. The minimum absolute atomic E-state index is 0.0321. The van der Waals surface area contributed by atoms with Crippen molar-refractivity contribution in [1.82, 2.24) is 0 Å². The zero-order chi connectivity index (χ0) is 18.3. The molecule has 26 heavy (non-hydrogen) atoms. The van der Waals surface area contributed by atoms with Crippen molar-refractivity contribution in [3.63, 3.8) is 0 Å². The van der Waals surface area contributed by atoms with Crippen LogP contribution in [0.2, 0.25) is 0 Å². The summed E-state index contributed by atoms with van der Waals surface area (Å²) in [6, 6.07) is 17.6. The van der Waals surface area contributed by atoms with E-state index >= 15 is 0 Å². The van der Waals surface area contributed by atoms with Gasteiger partial charge in [0.15, 0.2) is 0 Å². The summed E-state index contributed by atoms with van der Waals surface area (Å²) in [6.07, 6.45) is 1.94. The van der Waals surface area contributed by atoms with Crippen molar-refractivity contribution in [3.8, 4) is 0 Å². The number of nitrogens with one attached hydrogen (secondary N) is 1. The summed E-state index contributed by atoms with van der Waals surface area (Å²) in [5, 5.41) is 13.4. The van der Waals surface area contributed by atoms with Gasteiger partial charge in [-0.25, -0.2) is 0 Å². The molecule has 3 heteroatoms. The maximum Gasteiger partial charge on any atom is 0.0900 e. The molecule has 2 heterocycles. The summed E-state index contributed by atoms with van der Waals surface area (Å²) in [7, 11) is 0. The fourth-order valence-electron chi connectivity index (χ4n) is 4.35. The third-order valence-corrected chi connectivity index (χ3v) is 5.88. The number of ether oxygens (including phenoxy) is 1. The third kappa shape index (κ3) is 3.15. The highest BCUT2D eigenvalue weighted by Gasteiger charge is 2.42. The SMILES string of the molecule is CC(C)(C)c1ccc2c(c1)[C@H]1O[C@H](CO)CC[C@H]1[C@@H](c1ccccc1)N2. The van der Waals surface area contributed by atoms with Gasteiger partial charge >= 0.3 is 0 Å². The number of aliphatic hydroxyl groups is 1. The van der Waals surface area contributed by atoms with Crippen molar-refractivity contribution >= 4 is 5.69 Å². The van der Waals surface area contributed by atoms with Crippen LogP contribution in [0.25, 0.3) is 0 Å². The Morgan fingerprint density at radius 1 is 1.08 bits per heavy atom. The van der Waals surface area contributed by atoms with Crippen molar-refractivity contribution in [1.29, 1.82) is 0 Å². The Bertz CT molecular complexity index is 766. The van der Waals surface area contributed by atoms with Crippen molar-refractivity contribution < 1.29 is 9.84 Å². The summed E-state index contributed by atoms with van der Waals surface area (Å²) < 4.78 is 6.40. The minimum Gasteiger partial charge on any atom is -0.394 e. The Morgan fingerprint density at radius 3 is 2.54 bits per heavy atom. The molecule has 2 aromatic carbocycles. The molecule has 4 rings (SSSR count). The molecule has 2 aliphatic rings. The molecule has 0 radical (unpaired) electrons. The van der Waals surface area contributed by atoms with E-state index in [9.17, 15) is 5.11 Å². The molecule has 0 unspecified atom stereocenters. The van der Waals surface area contributed by atoms with Crippen molar-refractivity contribution in [2.24, 2.45) is 5.92 Å². The van der Waals surface area contributed by atoms with E-state index in [1.54, 1.807) is 0 Å². The molecule has 0 amide bonds. The van der Waals surface area contributed by atoms with Gasteiger partial charge in [0.2, 0.25) is 0 Å². The van der Waals surface area contributed by atoms with Crippen molar-refractivity contribution in [3.05, 3.63) is 65.2 Å². The molecule has 0 spiro atoms. The number of hydrogen-bond acceptors (Lipinski definition) is 3. The largest absolute Gasteiger partial charge is 0.394 e. The van der Waals surface area contributed by atoms with Gasteiger partial charge in [-0.15, -0.1) is 0 Å². The highest BCUT2D eigenvalue weighted by Crippen LogP contribution is 2.50. The van der Waals surface area contributed by atoms with E-state index < -0.39 is 0 Å². The van der Waals surface area contributed by atoms with Gasteiger partial charge in [0.1, 0.15) is 0 Å². The summed E-state index contributed by atoms with van der Waals surface area (Å²) >= 11 is 0. The molecule has 1 saturated heterocycles. The molecular weight excluding hydrogens is 322 g/mol. The third-order valence-electron chi connectivity index (χ3n) is 5.88. The van der Waals surface area contributed by atoms with Crippen LogP contribution in [-0.2, 0) is 10.2 Å². The highest BCUT2D eigenvalue weighted by molar-refractivity contribution is 5.59. The van der Waals surface area contributed by atoms with Crippen LogP contribution in [0.4, 0.5) is 5.69 Å². The van der Waals surface area contributed by atoms with Gasteiger partial charge in [-0.1, -0.05) is 63.2 Å². The second kappa shape index (κ2) is 6.71. The standard InChI is InChI=1S/C23H29NO2/c1-23(2,3)16-9-12-20-19(13-16)22-18(11-10-17(14-25)26-22)21(24-20)15-7-5-4-6-8-15/h4-9,12-13,17-18,21-22,24-25H,10-11,14H2,1-3H3/t17-,18-,21+,22-/m0/s1. The van der Waals surface area contributed by atoms with Crippen LogP contribution in [-0.4, -0.2) is 17.8 Å². The highest BCUT2D eigenvalue weighted by atomic mass is 16.5. The molecule has 3 nitrogen and oxygen atoms in total. The van der Waals surface area contributed by atoms with E-state index in [4.69, 9.17) is 4.74 Å². The van der Waals surface area contributed by atoms with Crippen molar-refractivity contribution in [2.45, 2.75) is 57.3 Å². The average molecular weight is 351 g/mol. The van der Waals surface area contributed by atoms with Crippen LogP contribution in [0, 0.1) is 5.92 Å². The van der Waals surface area contributed by atoms with E-state index in [1.165, 1.54) is 16.7 Å². The quantitative estimate of drug-likeness (QED) is 0.802. The molecule has 2 N–H and O–H groups in total. The van der Waals surface area contributed by atoms with E-state index in [0.717, 1.165) is 18.5 Å². The molecular formula is C23H29NO2. The summed E-state index contributed by atoms with van der Waals surface area (Å²) in [6.45, 7) is 6.83. The lowest BCUT2D eigenvalue weighted by Crippen LogP contribution is -2.40. The summed E-state index contributed by atoms with van der Waals surface area (Å²) in [5.41, 5.74) is 5.13. The molecule has 2 aliphatic heterocycles. The van der Waals surface area contributed by atoms with Crippen LogP contribution in [0.3, 0.4) is 0 Å². The first kappa shape index (κ1) is 17.6. The lowest BCUT2D eigenvalue weighted by molar-refractivity contribution is -0.110. The van der Waals surface area contributed by atoms with Gasteiger partial charge in [0.25, 0.3) is 0 Å². The van der Waals surface area contributed by atoms with Gasteiger partial charge in [-0.2, -0.15) is 0 Å². The smallest absolute Gasteiger partial charge is 0.0900 e. The minimum atomic E-state index is -0.0584. The second-order valence-electron chi connectivity index (χ2n) is 8.69.